The molecule has 0 aliphatic carbocycles. The summed E-state index contributed by atoms with van der Waals surface area (Å²) in [4.78, 5) is 11.2. The zero-order valence-corrected chi connectivity index (χ0v) is 9.33. The number of hydrogen-bond acceptors (Lipinski definition) is 2. The molecule has 0 bridgehead atoms. The van der Waals surface area contributed by atoms with Crippen molar-refractivity contribution in [1.29, 1.82) is 0 Å². The molecule has 0 aromatic rings. The van der Waals surface area contributed by atoms with Crippen LogP contribution in [-0.2, 0) is 4.79 Å². The van der Waals surface area contributed by atoms with Gasteiger partial charge in [0.25, 0.3) is 0 Å². The number of rotatable bonds is 1. The lowest BCUT2D eigenvalue weighted by molar-refractivity contribution is -0.107. The largest absolute Gasteiger partial charge is 0.281 e. The smallest absolute Gasteiger partial charge is 0.224 e. The van der Waals surface area contributed by atoms with Gasteiger partial charge in [-0.2, -0.15) is 0 Å². The van der Waals surface area contributed by atoms with Crippen molar-refractivity contribution in [2.45, 2.75) is 13.8 Å². The third-order valence-electron chi connectivity index (χ3n) is 1.29. The SMILES string of the molecule is CC(C)=C/C=C1/C=C(Br)SC1=O. The second-order valence-electron chi connectivity index (χ2n) is 2.70. The Morgan fingerprint density at radius 2 is 2.25 bits per heavy atom. The molecule has 0 unspecified atom stereocenters. The molecule has 0 aromatic heterocycles. The van der Waals surface area contributed by atoms with E-state index in [2.05, 4.69) is 15.9 Å². The van der Waals surface area contributed by atoms with E-state index in [1.807, 2.05) is 32.1 Å². The highest BCUT2D eigenvalue weighted by atomic mass is 79.9. The summed E-state index contributed by atoms with van der Waals surface area (Å²) in [6.07, 6.45) is 5.63. The number of carbonyl (C=O) groups is 1. The lowest BCUT2D eigenvalue weighted by atomic mass is 10.2. The van der Waals surface area contributed by atoms with Gasteiger partial charge < -0.3 is 0 Å². The number of hydrogen-bond donors (Lipinski definition) is 0. The maximum Gasteiger partial charge on any atom is 0.224 e. The summed E-state index contributed by atoms with van der Waals surface area (Å²) in [6.45, 7) is 4.00. The number of allylic oxidation sites excluding steroid dienone is 4. The van der Waals surface area contributed by atoms with Gasteiger partial charge in [-0.05, 0) is 47.6 Å². The predicted octanol–water partition coefficient (Wildman–Crippen LogP) is 3.39. The first-order valence-corrected chi connectivity index (χ1v) is 5.15. The average molecular weight is 245 g/mol. The van der Waals surface area contributed by atoms with Crippen molar-refractivity contribution in [1.82, 2.24) is 0 Å². The molecule has 0 amide bonds. The maximum atomic E-state index is 11.2. The molecule has 0 saturated heterocycles. The Morgan fingerprint density at radius 3 is 2.67 bits per heavy atom. The molecule has 0 N–H and O–H groups in total. The van der Waals surface area contributed by atoms with Crippen molar-refractivity contribution in [2.75, 3.05) is 0 Å². The molecular formula is C9H9BrOS. The zero-order chi connectivity index (χ0) is 9.14. The van der Waals surface area contributed by atoms with Crippen LogP contribution in [0.25, 0.3) is 0 Å². The van der Waals surface area contributed by atoms with Gasteiger partial charge in [0, 0.05) is 5.57 Å². The van der Waals surface area contributed by atoms with E-state index in [9.17, 15) is 4.79 Å². The first-order valence-electron chi connectivity index (χ1n) is 3.54. The monoisotopic (exact) mass is 244 g/mol. The maximum absolute atomic E-state index is 11.2. The van der Waals surface area contributed by atoms with Crippen molar-refractivity contribution in [3.63, 3.8) is 0 Å². The second-order valence-corrected chi connectivity index (χ2v) is 5.10. The predicted molar refractivity (Wildman–Crippen MR) is 57.1 cm³/mol. The van der Waals surface area contributed by atoms with Crippen LogP contribution >= 0.6 is 27.7 Å². The molecule has 0 radical (unpaired) electrons. The molecule has 0 spiro atoms. The van der Waals surface area contributed by atoms with Gasteiger partial charge in [-0.15, -0.1) is 0 Å². The first-order chi connectivity index (χ1) is 5.59. The van der Waals surface area contributed by atoms with Gasteiger partial charge in [0.05, 0.1) is 3.81 Å². The van der Waals surface area contributed by atoms with E-state index in [4.69, 9.17) is 0 Å². The molecule has 1 aliphatic rings. The van der Waals surface area contributed by atoms with Crippen molar-refractivity contribution in [2.24, 2.45) is 0 Å². The second kappa shape index (κ2) is 4.10. The summed E-state index contributed by atoms with van der Waals surface area (Å²) < 4.78 is 0.890. The van der Waals surface area contributed by atoms with Crippen molar-refractivity contribution < 1.29 is 4.79 Å². The van der Waals surface area contributed by atoms with Gasteiger partial charge in [-0.1, -0.05) is 17.7 Å². The minimum Gasteiger partial charge on any atom is -0.281 e. The van der Waals surface area contributed by atoms with Gasteiger partial charge in [-0.25, -0.2) is 0 Å². The molecule has 1 rings (SSSR count). The quantitative estimate of drug-likeness (QED) is 0.658. The molecule has 64 valence electrons. The fourth-order valence-corrected chi connectivity index (χ4v) is 2.03. The standard InChI is InChI=1S/C9H9BrOS/c1-6(2)3-4-7-5-8(10)12-9(7)11/h3-5H,1-2H3/b7-4-. The minimum atomic E-state index is 0.111. The molecule has 0 fully saturated rings. The molecular weight excluding hydrogens is 236 g/mol. The Balaban J connectivity index is 2.83. The molecule has 0 saturated carbocycles. The molecule has 12 heavy (non-hydrogen) atoms. The van der Waals surface area contributed by atoms with Crippen molar-refractivity contribution >= 4 is 32.8 Å². The van der Waals surface area contributed by atoms with Crippen LogP contribution in [0, 0.1) is 0 Å². The van der Waals surface area contributed by atoms with Crippen molar-refractivity contribution in [3.8, 4) is 0 Å². The first kappa shape index (κ1) is 9.81. The van der Waals surface area contributed by atoms with E-state index in [0.717, 1.165) is 9.39 Å². The number of halogens is 1. The lowest BCUT2D eigenvalue weighted by Crippen LogP contribution is -1.85. The van der Waals surface area contributed by atoms with Crippen LogP contribution in [0.1, 0.15) is 13.8 Å². The normalized spacial score (nSPS) is 19.8. The van der Waals surface area contributed by atoms with Crippen LogP contribution in [0.4, 0.5) is 0 Å². The van der Waals surface area contributed by atoms with Crippen LogP contribution in [0.3, 0.4) is 0 Å². The molecule has 0 atom stereocenters. The Labute approximate surface area is 84.7 Å². The Hall–Kier alpha value is -0.280. The Kier molecular flexibility index (Phi) is 3.35. The lowest BCUT2D eigenvalue weighted by Gasteiger charge is -1.87. The van der Waals surface area contributed by atoms with Gasteiger partial charge in [0.1, 0.15) is 0 Å². The van der Waals surface area contributed by atoms with Crippen LogP contribution in [0.5, 0.6) is 0 Å². The third-order valence-corrected chi connectivity index (χ3v) is 2.74. The molecule has 1 heterocycles. The summed E-state index contributed by atoms with van der Waals surface area (Å²) in [5.74, 6) is 0. The van der Waals surface area contributed by atoms with Crippen LogP contribution in [0.2, 0.25) is 0 Å². The third kappa shape index (κ3) is 2.64. The highest BCUT2D eigenvalue weighted by Crippen LogP contribution is 2.34. The summed E-state index contributed by atoms with van der Waals surface area (Å²) in [5.41, 5.74) is 1.95. The van der Waals surface area contributed by atoms with E-state index < -0.39 is 0 Å². The molecule has 3 heteroatoms. The van der Waals surface area contributed by atoms with Crippen molar-refractivity contribution in [3.05, 3.63) is 33.2 Å². The van der Waals surface area contributed by atoms with Gasteiger partial charge >= 0.3 is 0 Å². The fourth-order valence-electron chi connectivity index (χ4n) is 0.731. The zero-order valence-electron chi connectivity index (χ0n) is 6.93. The molecule has 0 aromatic carbocycles. The Morgan fingerprint density at radius 1 is 1.58 bits per heavy atom. The van der Waals surface area contributed by atoms with Crippen LogP contribution < -0.4 is 0 Å². The summed E-state index contributed by atoms with van der Waals surface area (Å²) in [5, 5.41) is 0.111. The Bertz CT molecular complexity index is 296. The minimum absolute atomic E-state index is 0.111. The summed E-state index contributed by atoms with van der Waals surface area (Å²) in [6, 6.07) is 0. The highest BCUT2D eigenvalue weighted by molar-refractivity contribution is 9.14. The van der Waals surface area contributed by atoms with Gasteiger partial charge in [0.15, 0.2) is 0 Å². The van der Waals surface area contributed by atoms with Gasteiger partial charge in [-0.3, -0.25) is 4.79 Å². The van der Waals surface area contributed by atoms with E-state index in [0.29, 0.717) is 0 Å². The van der Waals surface area contributed by atoms with Crippen LogP contribution in [-0.4, -0.2) is 5.12 Å². The molecule has 1 aliphatic heterocycles. The fraction of sp³-hybridized carbons (Fsp3) is 0.222. The van der Waals surface area contributed by atoms with E-state index in [1.54, 1.807) is 0 Å². The number of carbonyl (C=O) groups excluding carboxylic acids is 1. The highest BCUT2D eigenvalue weighted by Gasteiger charge is 2.16. The van der Waals surface area contributed by atoms with Crippen LogP contribution in [0.15, 0.2) is 33.2 Å². The average Bonchev–Trinajstić information content (AvgIpc) is 2.26. The van der Waals surface area contributed by atoms with Gasteiger partial charge in [0.2, 0.25) is 5.12 Å². The van der Waals surface area contributed by atoms with E-state index in [-0.39, 0.29) is 5.12 Å². The number of thioether (sulfide) groups is 1. The van der Waals surface area contributed by atoms with E-state index >= 15 is 0 Å². The topological polar surface area (TPSA) is 17.1 Å². The van der Waals surface area contributed by atoms with E-state index in [1.165, 1.54) is 17.3 Å². The summed E-state index contributed by atoms with van der Waals surface area (Å²) >= 11 is 4.49. The molecule has 1 nitrogen and oxygen atoms in total. The summed E-state index contributed by atoms with van der Waals surface area (Å²) in [7, 11) is 0.